The third-order valence-corrected chi connectivity index (χ3v) is 5.53. The molecular weight excluding hydrogens is 410 g/mol. The lowest BCUT2D eigenvalue weighted by Crippen LogP contribution is -1.91. The number of halogens is 2. The predicted octanol–water partition coefficient (Wildman–Crippen LogP) is 7.38. The van der Waals surface area contributed by atoms with E-state index in [0.717, 1.165) is 49.4 Å². The maximum absolute atomic E-state index is 13.3. The molecule has 5 rings (SSSR count). The van der Waals surface area contributed by atoms with E-state index in [9.17, 15) is 8.78 Å². The van der Waals surface area contributed by atoms with E-state index in [1.165, 1.54) is 24.3 Å². The summed E-state index contributed by atoms with van der Waals surface area (Å²) in [5, 5.41) is 4.05. The summed E-state index contributed by atoms with van der Waals surface area (Å²) >= 11 is 0. The van der Waals surface area contributed by atoms with Gasteiger partial charge in [0, 0.05) is 22.3 Å². The highest BCUT2D eigenvalue weighted by atomic mass is 19.1. The van der Waals surface area contributed by atoms with E-state index >= 15 is 0 Å². The zero-order valence-electron chi connectivity index (χ0n) is 17.9. The second-order valence-electron chi connectivity index (χ2n) is 7.86. The molecule has 0 atom stereocenters. The molecule has 0 aromatic heterocycles. The van der Waals surface area contributed by atoms with Crippen molar-refractivity contribution in [3.05, 3.63) is 130 Å². The van der Waals surface area contributed by atoms with Crippen molar-refractivity contribution in [2.24, 2.45) is 0 Å². The van der Waals surface area contributed by atoms with Gasteiger partial charge < -0.3 is 0 Å². The van der Waals surface area contributed by atoms with Crippen LogP contribution in [0.1, 0.15) is 27.8 Å². The number of hydrogen-bond donors (Lipinski definition) is 0. The van der Waals surface area contributed by atoms with Gasteiger partial charge in [0.2, 0.25) is 0 Å². The Bertz CT molecular complexity index is 1620. The van der Waals surface area contributed by atoms with Crippen molar-refractivity contribution in [3.63, 3.8) is 0 Å². The minimum Gasteiger partial charge on any atom is -0.207 e. The van der Waals surface area contributed by atoms with E-state index in [2.05, 4.69) is 54.9 Å². The zero-order chi connectivity index (χ0) is 22.8. The Labute approximate surface area is 191 Å². The first-order chi connectivity index (χ1) is 16.1. The zero-order valence-corrected chi connectivity index (χ0v) is 17.9. The second kappa shape index (κ2) is 8.62. The van der Waals surface area contributed by atoms with Gasteiger partial charge in [-0.1, -0.05) is 71.7 Å². The first kappa shape index (κ1) is 20.5. The van der Waals surface area contributed by atoms with Gasteiger partial charge in [0.1, 0.15) is 11.6 Å². The fraction of sp³-hybridized carbons (Fsp3) is 0.0323. The summed E-state index contributed by atoms with van der Waals surface area (Å²) in [4.78, 5) is 0. The molecule has 0 N–H and O–H groups in total. The minimum atomic E-state index is -0.281. The van der Waals surface area contributed by atoms with Crippen LogP contribution in [0.3, 0.4) is 0 Å². The van der Waals surface area contributed by atoms with Crippen molar-refractivity contribution in [2.45, 2.75) is 6.92 Å². The van der Waals surface area contributed by atoms with Crippen molar-refractivity contribution >= 4 is 21.5 Å². The van der Waals surface area contributed by atoms with E-state index in [1.54, 1.807) is 24.3 Å². The minimum absolute atomic E-state index is 0.281. The Kier molecular flexibility index (Phi) is 5.35. The lowest BCUT2D eigenvalue weighted by Gasteiger charge is -2.11. The number of rotatable bonds is 0. The summed E-state index contributed by atoms with van der Waals surface area (Å²) < 4.78 is 26.6. The van der Waals surface area contributed by atoms with Crippen LogP contribution in [0, 0.1) is 42.2 Å². The molecule has 156 valence electrons. The van der Waals surface area contributed by atoms with Crippen molar-refractivity contribution in [1.82, 2.24) is 0 Å². The molecule has 0 spiro atoms. The van der Waals surface area contributed by atoms with Crippen LogP contribution in [-0.2, 0) is 0 Å². The maximum atomic E-state index is 13.3. The lowest BCUT2D eigenvalue weighted by atomic mass is 9.91. The van der Waals surface area contributed by atoms with Crippen LogP contribution in [0.2, 0.25) is 0 Å². The highest BCUT2D eigenvalue weighted by Crippen LogP contribution is 2.33. The molecule has 5 aromatic carbocycles. The number of aryl methyl sites for hydroxylation is 1. The Hall–Kier alpha value is -4.40. The molecule has 0 fully saturated rings. The van der Waals surface area contributed by atoms with Crippen molar-refractivity contribution < 1.29 is 8.78 Å². The number of benzene rings is 5. The molecule has 0 aliphatic rings. The molecule has 0 aliphatic heterocycles. The molecule has 0 aliphatic carbocycles. The summed E-state index contributed by atoms with van der Waals surface area (Å²) in [5.41, 5.74) is 4.46. The van der Waals surface area contributed by atoms with Gasteiger partial charge in [-0.3, -0.25) is 0 Å². The molecule has 0 bridgehead atoms. The van der Waals surface area contributed by atoms with E-state index in [1.807, 2.05) is 18.2 Å². The topological polar surface area (TPSA) is 0 Å². The van der Waals surface area contributed by atoms with Gasteiger partial charge in [-0.05, 0) is 77.0 Å². The molecule has 5 aromatic rings. The van der Waals surface area contributed by atoms with Gasteiger partial charge >= 0.3 is 0 Å². The van der Waals surface area contributed by atoms with Gasteiger partial charge in [0.05, 0.1) is 0 Å². The summed E-state index contributed by atoms with van der Waals surface area (Å²) in [5.74, 6) is 12.5. The van der Waals surface area contributed by atoms with Crippen LogP contribution in [-0.4, -0.2) is 0 Å². The number of fused-ring (bicyclic) bond motifs is 2. The summed E-state index contributed by atoms with van der Waals surface area (Å²) in [6.07, 6.45) is 0. The monoisotopic (exact) mass is 428 g/mol. The van der Waals surface area contributed by atoms with E-state index in [4.69, 9.17) is 0 Å². The van der Waals surface area contributed by atoms with Crippen molar-refractivity contribution in [1.29, 1.82) is 0 Å². The highest BCUT2D eigenvalue weighted by molar-refractivity contribution is 6.10. The van der Waals surface area contributed by atoms with Gasteiger partial charge in [0.15, 0.2) is 0 Å². The summed E-state index contributed by atoms with van der Waals surface area (Å²) in [6.45, 7) is 2.05. The van der Waals surface area contributed by atoms with Crippen LogP contribution in [0.15, 0.2) is 91.0 Å². The van der Waals surface area contributed by atoms with Crippen molar-refractivity contribution in [2.75, 3.05) is 0 Å². The molecule has 0 saturated carbocycles. The predicted molar refractivity (Wildman–Crippen MR) is 131 cm³/mol. The Morgan fingerprint density at radius 3 is 1.45 bits per heavy atom. The van der Waals surface area contributed by atoms with Crippen molar-refractivity contribution in [3.8, 4) is 23.7 Å². The molecule has 2 heteroatoms. The Morgan fingerprint density at radius 2 is 0.939 bits per heavy atom. The molecule has 0 unspecified atom stereocenters. The molecule has 0 heterocycles. The summed E-state index contributed by atoms with van der Waals surface area (Å²) in [6, 6.07) is 26.7. The molecule has 0 radical (unpaired) electrons. The quantitative estimate of drug-likeness (QED) is 0.178. The van der Waals surface area contributed by atoms with Gasteiger partial charge in [-0.25, -0.2) is 8.78 Å². The SMILES string of the molecule is Cc1ccc2c(C#Cc3ccc(F)cc3)c3ccccc3c(C#Cc3ccc(F)cc3)c2c1. The maximum Gasteiger partial charge on any atom is 0.123 e. The van der Waals surface area contributed by atoms with Crippen LogP contribution >= 0.6 is 0 Å². The molecule has 0 nitrogen and oxygen atoms in total. The lowest BCUT2D eigenvalue weighted by molar-refractivity contribution is 0.627. The molecule has 0 saturated heterocycles. The summed E-state index contributed by atoms with van der Waals surface area (Å²) in [7, 11) is 0. The van der Waals surface area contributed by atoms with E-state index < -0.39 is 0 Å². The first-order valence-corrected chi connectivity index (χ1v) is 10.6. The van der Waals surface area contributed by atoms with Gasteiger partial charge in [-0.15, -0.1) is 0 Å². The average molecular weight is 428 g/mol. The highest BCUT2D eigenvalue weighted by Gasteiger charge is 2.12. The molecule has 0 amide bonds. The van der Waals surface area contributed by atoms with Crippen LogP contribution in [0.4, 0.5) is 8.78 Å². The third-order valence-electron chi connectivity index (χ3n) is 5.53. The van der Waals surface area contributed by atoms with E-state index in [0.29, 0.717) is 0 Å². The van der Waals surface area contributed by atoms with Crippen LogP contribution in [0.5, 0.6) is 0 Å². The Balaban J connectivity index is 1.77. The average Bonchev–Trinajstić information content (AvgIpc) is 2.83. The fourth-order valence-corrected chi connectivity index (χ4v) is 3.90. The molecule has 33 heavy (non-hydrogen) atoms. The first-order valence-electron chi connectivity index (χ1n) is 10.6. The largest absolute Gasteiger partial charge is 0.207 e. The Morgan fingerprint density at radius 1 is 0.485 bits per heavy atom. The van der Waals surface area contributed by atoms with Crippen LogP contribution in [0.25, 0.3) is 21.5 Å². The van der Waals surface area contributed by atoms with E-state index in [-0.39, 0.29) is 11.6 Å². The van der Waals surface area contributed by atoms with Gasteiger partial charge in [0.25, 0.3) is 0 Å². The standard InChI is InChI=1S/C31H18F2/c1-21-6-17-29-28(18-11-22-7-13-24(32)14-8-22)26-4-2-3-5-27(26)30(31(29)20-21)19-12-23-9-15-25(33)16-10-23/h2-10,13-17,20H,1H3. The number of hydrogen-bond acceptors (Lipinski definition) is 0. The third kappa shape index (κ3) is 4.20. The van der Waals surface area contributed by atoms with Gasteiger partial charge in [-0.2, -0.15) is 0 Å². The second-order valence-corrected chi connectivity index (χ2v) is 7.86. The smallest absolute Gasteiger partial charge is 0.123 e. The fourth-order valence-electron chi connectivity index (χ4n) is 3.90. The normalized spacial score (nSPS) is 10.4. The van der Waals surface area contributed by atoms with Crippen LogP contribution < -0.4 is 0 Å². The molecular formula is C31H18F2.